The van der Waals surface area contributed by atoms with Crippen molar-refractivity contribution in [2.24, 2.45) is 4.99 Å². The quantitative estimate of drug-likeness (QED) is 0.410. The third-order valence-corrected chi connectivity index (χ3v) is 3.79. The topological polar surface area (TPSA) is 64.1 Å². The first-order valence-corrected chi connectivity index (χ1v) is 8.60. The van der Waals surface area contributed by atoms with Crippen molar-refractivity contribution in [1.29, 1.82) is 0 Å². The maximum atomic E-state index is 5.67. The third kappa shape index (κ3) is 6.20. The van der Waals surface area contributed by atoms with Crippen molar-refractivity contribution in [3.8, 4) is 17.2 Å². The van der Waals surface area contributed by atoms with E-state index in [1.54, 1.807) is 21.3 Å². The average Bonchev–Trinajstić information content (AvgIpc) is 2.70. The lowest BCUT2D eigenvalue weighted by atomic mass is 10.2. The molecule has 6 nitrogen and oxygen atoms in total. The molecule has 0 aliphatic rings. The summed E-state index contributed by atoms with van der Waals surface area (Å²) in [5.74, 6) is 3.18. The van der Waals surface area contributed by atoms with Gasteiger partial charge >= 0.3 is 0 Å². The maximum absolute atomic E-state index is 5.67. The Bertz CT molecular complexity index is 690. The lowest BCUT2D eigenvalue weighted by Crippen LogP contribution is -2.37. The van der Waals surface area contributed by atoms with Gasteiger partial charge in [0, 0.05) is 31.8 Å². The molecule has 0 aromatic heterocycles. The monoisotopic (exact) mass is 357 g/mol. The van der Waals surface area contributed by atoms with E-state index >= 15 is 0 Å². The van der Waals surface area contributed by atoms with Crippen LogP contribution in [0.5, 0.6) is 17.2 Å². The molecule has 0 bridgehead atoms. The number of para-hydroxylation sites is 1. The zero-order chi connectivity index (χ0) is 18.6. The summed E-state index contributed by atoms with van der Waals surface area (Å²) in [6.45, 7) is 2.03. The molecule has 2 N–H and O–H groups in total. The molecule has 2 aromatic carbocycles. The number of benzene rings is 2. The van der Waals surface area contributed by atoms with Crippen LogP contribution in [0.4, 0.5) is 0 Å². The van der Waals surface area contributed by atoms with Crippen LogP contribution >= 0.6 is 0 Å². The Balaban J connectivity index is 1.72. The van der Waals surface area contributed by atoms with E-state index in [1.165, 1.54) is 0 Å². The van der Waals surface area contributed by atoms with E-state index in [1.807, 2.05) is 48.5 Å². The van der Waals surface area contributed by atoms with E-state index in [2.05, 4.69) is 15.6 Å². The lowest BCUT2D eigenvalue weighted by Gasteiger charge is -2.14. The number of hydrogen-bond acceptors (Lipinski definition) is 4. The molecular weight excluding hydrogens is 330 g/mol. The fourth-order valence-electron chi connectivity index (χ4n) is 2.38. The lowest BCUT2D eigenvalue weighted by molar-refractivity contribution is 0.311. The highest BCUT2D eigenvalue weighted by Gasteiger charge is 2.06. The van der Waals surface area contributed by atoms with Gasteiger partial charge in [0.15, 0.2) is 5.96 Å². The number of nitrogens with zero attached hydrogens (tertiary/aromatic N) is 1. The fourth-order valence-corrected chi connectivity index (χ4v) is 2.38. The number of nitrogens with one attached hydrogen (secondary N) is 2. The molecule has 0 heterocycles. The van der Waals surface area contributed by atoms with Crippen molar-refractivity contribution in [2.45, 2.75) is 13.0 Å². The minimum Gasteiger partial charge on any atom is -0.497 e. The van der Waals surface area contributed by atoms with Crippen molar-refractivity contribution in [3.05, 3.63) is 54.1 Å². The van der Waals surface area contributed by atoms with Crippen LogP contribution < -0.4 is 24.8 Å². The third-order valence-electron chi connectivity index (χ3n) is 3.79. The fraction of sp³-hybridized carbons (Fsp3) is 0.350. The first kappa shape index (κ1) is 19.4. The van der Waals surface area contributed by atoms with Gasteiger partial charge in [0.05, 0.1) is 20.8 Å². The van der Waals surface area contributed by atoms with Gasteiger partial charge in [0.25, 0.3) is 0 Å². The Labute approximate surface area is 155 Å². The normalized spacial score (nSPS) is 11.0. The Kier molecular flexibility index (Phi) is 8.12. The molecule has 0 spiro atoms. The Morgan fingerprint density at radius 3 is 2.46 bits per heavy atom. The number of aliphatic imine (C=N–C) groups is 1. The number of methoxy groups -OCH3 is 2. The Hall–Kier alpha value is -2.89. The van der Waals surface area contributed by atoms with Crippen LogP contribution in [0.15, 0.2) is 53.5 Å². The molecule has 0 aliphatic heterocycles. The molecule has 0 fully saturated rings. The highest BCUT2D eigenvalue weighted by atomic mass is 16.5. The Morgan fingerprint density at radius 2 is 1.77 bits per heavy atom. The molecule has 26 heavy (non-hydrogen) atoms. The largest absolute Gasteiger partial charge is 0.497 e. The predicted molar refractivity (Wildman–Crippen MR) is 104 cm³/mol. The summed E-state index contributed by atoms with van der Waals surface area (Å²) in [4.78, 5) is 4.24. The summed E-state index contributed by atoms with van der Waals surface area (Å²) in [5, 5.41) is 6.56. The van der Waals surface area contributed by atoms with E-state index in [9.17, 15) is 0 Å². The van der Waals surface area contributed by atoms with Gasteiger partial charge in [-0.2, -0.15) is 0 Å². The molecule has 140 valence electrons. The van der Waals surface area contributed by atoms with Gasteiger partial charge in [0.1, 0.15) is 17.2 Å². The van der Waals surface area contributed by atoms with E-state index in [-0.39, 0.29) is 0 Å². The zero-order valence-corrected chi connectivity index (χ0v) is 15.6. The molecule has 0 saturated carbocycles. The molecule has 0 saturated heterocycles. The SMILES string of the molecule is CN=C(NCCCOc1ccccc1)NCc1ccc(OC)cc1OC. The maximum Gasteiger partial charge on any atom is 0.191 e. The Morgan fingerprint density at radius 1 is 0.962 bits per heavy atom. The van der Waals surface area contributed by atoms with Crippen LogP contribution in [-0.4, -0.2) is 40.4 Å². The molecular formula is C20H27N3O3. The highest BCUT2D eigenvalue weighted by Crippen LogP contribution is 2.24. The van der Waals surface area contributed by atoms with Gasteiger partial charge in [-0.15, -0.1) is 0 Å². The van der Waals surface area contributed by atoms with Gasteiger partial charge in [0.2, 0.25) is 0 Å². The summed E-state index contributed by atoms with van der Waals surface area (Å²) in [6, 6.07) is 15.6. The van der Waals surface area contributed by atoms with Crippen molar-refractivity contribution in [2.75, 3.05) is 34.4 Å². The van der Waals surface area contributed by atoms with Crippen LogP contribution in [0.3, 0.4) is 0 Å². The number of ether oxygens (including phenoxy) is 3. The molecule has 0 amide bonds. The van der Waals surface area contributed by atoms with Gasteiger partial charge in [-0.25, -0.2) is 0 Å². The van der Waals surface area contributed by atoms with E-state index in [0.717, 1.165) is 41.7 Å². The molecule has 2 rings (SSSR count). The molecule has 0 unspecified atom stereocenters. The van der Waals surface area contributed by atoms with E-state index in [4.69, 9.17) is 14.2 Å². The number of rotatable bonds is 9. The van der Waals surface area contributed by atoms with Crippen molar-refractivity contribution in [1.82, 2.24) is 10.6 Å². The predicted octanol–water partition coefficient (Wildman–Crippen LogP) is 2.84. The minimum absolute atomic E-state index is 0.605. The van der Waals surface area contributed by atoms with E-state index < -0.39 is 0 Å². The second kappa shape index (κ2) is 10.9. The van der Waals surface area contributed by atoms with Crippen molar-refractivity contribution < 1.29 is 14.2 Å². The first-order chi connectivity index (χ1) is 12.8. The zero-order valence-electron chi connectivity index (χ0n) is 15.6. The van der Waals surface area contributed by atoms with Crippen LogP contribution in [-0.2, 0) is 6.54 Å². The van der Waals surface area contributed by atoms with Gasteiger partial charge in [-0.1, -0.05) is 18.2 Å². The van der Waals surface area contributed by atoms with Gasteiger partial charge < -0.3 is 24.8 Å². The molecule has 6 heteroatoms. The summed E-state index contributed by atoms with van der Waals surface area (Å²) in [6.07, 6.45) is 0.876. The second-order valence-corrected chi connectivity index (χ2v) is 5.55. The average molecular weight is 357 g/mol. The summed E-state index contributed by atoms with van der Waals surface area (Å²) >= 11 is 0. The molecule has 0 radical (unpaired) electrons. The number of hydrogen-bond donors (Lipinski definition) is 2. The van der Waals surface area contributed by atoms with Crippen LogP contribution in [0, 0.1) is 0 Å². The summed E-state index contributed by atoms with van der Waals surface area (Å²) in [7, 11) is 5.04. The smallest absolute Gasteiger partial charge is 0.191 e. The van der Waals surface area contributed by atoms with Crippen LogP contribution in [0.25, 0.3) is 0 Å². The molecule has 0 aliphatic carbocycles. The van der Waals surface area contributed by atoms with Gasteiger partial charge in [-0.3, -0.25) is 4.99 Å². The second-order valence-electron chi connectivity index (χ2n) is 5.55. The number of guanidine groups is 1. The van der Waals surface area contributed by atoms with Crippen molar-refractivity contribution in [3.63, 3.8) is 0 Å². The van der Waals surface area contributed by atoms with E-state index in [0.29, 0.717) is 13.2 Å². The molecule has 0 atom stereocenters. The summed E-state index contributed by atoms with van der Waals surface area (Å²) < 4.78 is 16.3. The van der Waals surface area contributed by atoms with Crippen LogP contribution in [0.2, 0.25) is 0 Å². The first-order valence-electron chi connectivity index (χ1n) is 8.60. The standard InChI is InChI=1S/C20H27N3O3/c1-21-20(22-12-7-13-26-17-8-5-4-6-9-17)23-15-16-10-11-18(24-2)14-19(16)25-3/h4-6,8-11,14H,7,12-13,15H2,1-3H3,(H2,21,22,23). The minimum atomic E-state index is 0.605. The highest BCUT2D eigenvalue weighted by molar-refractivity contribution is 5.79. The summed E-state index contributed by atoms with van der Waals surface area (Å²) in [5.41, 5.74) is 1.03. The van der Waals surface area contributed by atoms with Gasteiger partial charge in [-0.05, 0) is 30.7 Å². The van der Waals surface area contributed by atoms with Crippen molar-refractivity contribution >= 4 is 5.96 Å². The van der Waals surface area contributed by atoms with Crippen LogP contribution in [0.1, 0.15) is 12.0 Å². The molecule has 2 aromatic rings.